The molecule has 0 bridgehead atoms. The van der Waals surface area contributed by atoms with Gasteiger partial charge in [0.1, 0.15) is 6.33 Å². The smallest absolute Gasteiger partial charge is 0.318 e. The van der Waals surface area contributed by atoms with Crippen LogP contribution in [0.3, 0.4) is 0 Å². The van der Waals surface area contributed by atoms with Crippen LogP contribution in [0.1, 0.15) is 42.2 Å². The van der Waals surface area contributed by atoms with Gasteiger partial charge in [-0.1, -0.05) is 0 Å². The van der Waals surface area contributed by atoms with E-state index in [-0.39, 0.29) is 12.1 Å². The molecule has 0 saturated heterocycles. The number of nitrogens with zero attached hydrogens (tertiary/aromatic N) is 5. The number of carbonyl (C=O) groups is 1. The van der Waals surface area contributed by atoms with Gasteiger partial charge in [-0.3, -0.25) is 5.10 Å². The molecule has 2 N–H and O–H groups in total. The number of hydrogen-bond donors (Lipinski definition) is 2. The van der Waals surface area contributed by atoms with Crippen LogP contribution in [-0.2, 0) is 26.4 Å². The Morgan fingerprint density at radius 3 is 3.09 bits per heavy atom. The summed E-state index contributed by atoms with van der Waals surface area (Å²) in [5.41, 5.74) is 3.47. The molecule has 2 aromatic rings. The quantitative estimate of drug-likeness (QED) is 0.879. The second kappa shape index (κ2) is 5.78. The van der Waals surface area contributed by atoms with Crippen LogP contribution in [0.4, 0.5) is 4.79 Å². The minimum atomic E-state index is -0.202. The molecule has 0 saturated carbocycles. The standard InChI is InChI=1S/C14H21N7O/c1-9(13-19-15-8-21(13)3)16-14(22)20(2)7-12-10-5-4-6-11(10)17-18-12/h8-9H,4-7H2,1-3H3,(H,16,22)(H,17,18)/t9-/m1/s1. The van der Waals surface area contributed by atoms with Gasteiger partial charge in [0.05, 0.1) is 18.3 Å². The lowest BCUT2D eigenvalue weighted by atomic mass is 10.2. The van der Waals surface area contributed by atoms with Crippen molar-refractivity contribution < 1.29 is 4.79 Å². The number of fused-ring (bicyclic) bond motifs is 1. The van der Waals surface area contributed by atoms with Crippen molar-refractivity contribution in [3.8, 4) is 0 Å². The Balaban J connectivity index is 1.61. The maximum absolute atomic E-state index is 12.3. The van der Waals surface area contributed by atoms with Crippen molar-refractivity contribution in [1.82, 2.24) is 35.2 Å². The predicted molar refractivity (Wildman–Crippen MR) is 80.0 cm³/mol. The van der Waals surface area contributed by atoms with Crippen LogP contribution in [-0.4, -0.2) is 42.9 Å². The summed E-state index contributed by atoms with van der Waals surface area (Å²) in [6.45, 7) is 2.39. The highest BCUT2D eigenvalue weighted by Gasteiger charge is 2.22. The molecule has 0 aromatic carbocycles. The number of rotatable bonds is 4. The lowest BCUT2D eigenvalue weighted by molar-refractivity contribution is 0.202. The molecular formula is C14H21N7O. The van der Waals surface area contributed by atoms with Gasteiger partial charge in [-0.2, -0.15) is 5.10 Å². The molecule has 1 aliphatic carbocycles. The summed E-state index contributed by atoms with van der Waals surface area (Å²) in [6, 6.07) is -0.349. The Morgan fingerprint density at radius 2 is 2.36 bits per heavy atom. The number of carbonyl (C=O) groups excluding carboxylic acids is 1. The fourth-order valence-electron chi connectivity index (χ4n) is 2.86. The molecule has 0 spiro atoms. The molecule has 118 valence electrons. The summed E-state index contributed by atoms with van der Waals surface area (Å²) in [5.74, 6) is 0.724. The van der Waals surface area contributed by atoms with Gasteiger partial charge in [-0.25, -0.2) is 4.79 Å². The van der Waals surface area contributed by atoms with E-state index < -0.39 is 0 Å². The Bertz CT molecular complexity index is 675. The molecule has 1 aliphatic rings. The SMILES string of the molecule is C[C@@H](NC(=O)N(C)Cc1n[nH]c2c1CCC2)c1nncn1C. The van der Waals surface area contributed by atoms with Crippen molar-refractivity contribution in [2.45, 2.75) is 38.8 Å². The molecule has 8 heteroatoms. The van der Waals surface area contributed by atoms with Gasteiger partial charge in [-0.05, 0) is 31.7 Å². The number of amides is 2. The molecule has 3 rings (SSSR count). The second-order valence-corrected chi connectivity index (χ2v) is 5.81. The number of aromatic nitrogens is 5. The average molecular weight is 303 g/mol. The first-order valence-electron chi connectivity index (χ1n) is 7.46. The fourth-order valence-corrected chi connectivity index (χ4v) is 2.86. The third kappa shape index (κ3) is 2.68. The molecule has 0 radical (unpaired) electrons. The number of urea groups is 1. The number of hydrogen-bond acceptors (Lipinski definition) is 4. The van der Waals surface area contributed by atoms with Crippen LogP contribution in [0.2, 0.25) is 0 Å². The van der Waals surface area contributed by atoms with Crippen molar-refractivity contribution in [3.63, 3.8) is 0 Å². The van der Waals surface area contributed by atoms with Crippen LogP contribution in [0.15, 0.2) is 6.33 Å². The van der Waals surface area contributed by atoms with Gasteiger partial charge in [0.15, 0.2) is 5.82 Å². The normalized spacial score (nSPS) is 14.7. The van der Waals surface area contributed by atoms with E-state index in [1.807, 2.05) is 14.0 Å². The lowest BCUT2D eigenvalue weighted by Crippen LogP contribution is -2.39. The molecule has 22 heavy (non-hydrogen) atoms. The number of H-pyrrole nitrogens is 1. The van der Waals surface area contributed by atoms with Crippen LogP contribution >= 0.6 is 0 Å². The Hall–Kier alpha value is -2.38. The molecular weight excluding hydrogens is 282 g/mol. The lowest BCUT2D eigenvalue weighted by Gasteiger charge is -2.20. The molecule has 0 fully saturated rings. The summed E-state index contributed by atoms with van der Waals surface area (Å²) in [5, 5.41) is 18.2. The first-order chi connectivity index (χ1) is 10.6. The van der Waals surface area contributed by atoms with Crippen LogP contribution in [0.25, 0.3) is 0 Å². The Morgan fingerprint density at radius 1 is 1.55 bits per heavy atom. The topological polar surface area (TPSA) is 91.7 Å². The minimum absolute atomic E-state index is 0.148. The van der Waals surface area contributed by atoms with Crippen molar-refractivity contribution in [3.05, 3.63) is 29.1 Å². The van der Waals surface area contributed by atoms with Gasteiger partial charge in [0, 0.05) is 19.8 Å². The summed E-state index contributed by atoms with van der Waals surface area (Å²) in [4.78, 5) is 13.9. The summed E-state index contributed by atoms with van der Waals surface area (Å²) in [7, 11) is 3.63. The molecule has 2 aromatic heterocycles. The molecule has 2 amide bonds. The molecule has 2 heterocycles. The zero-order valence-electron chi connectivity index (χ0n) is 13.1. The third-order valence-corrected chi connectivity index (χ3v) is 4.10. The van der Waals surface area contributed by atoms with Gasteiger partial charge in [0.2, 0.25) is 0 Å². The van der Waals surface area contributed by atoms with Crippen molar-refractivity contribution in [2.24, 2.45) is 7.05 Å². The van der Waals surface area contributed by atoms with E-state index in [2.05, 4.69) is 25.7 Å². The van der Waals surface area contributed by atoms with Crippen LogP contribution < -0.4 is 5.32 Å². The van der Waals surface area contributed by atoms with E-state index in [1.165, 1.54) is 11.3 Å². The van der Waals surface area contributed by atoms with E-state index in [9.17, 15) is 4.79 Å². The molecule has 1 atom stereocenters. The highest BCUT2D eigenvalue weighted by molar-refractivity contribution is 5.74. The third-order valence-electron chi connectivity index (χ3n) is 4.10. The highest BCUT2D eigenvalue weighted by Crippen LogP contribution is 2.23. The number of aromatic amines is 1. The van der Waals surface area contributed by atoms with Crippen LogP contribution in [0, 0.1) is 0 Å². The van der Waals surface area contributed by atoms with Gasteiger partial charge < -0.3 is 14.8 Å². The van der Waals surface area contributed by atoms with Crippen molar-refractivity contribution in [1.29, 1.82) is 0 Å². The Kier molecular flexibility index (Phi) is 3.82. The van der Waals surface area contributed by atoms with E-state index >= 15 is 0 Å². The van der Waals surface area contributed by atoms with E-state index in [0.29, 0.717) is 6.54 Å². The maximum Gasteiger partial charge on any atom is 0.318 e. The zero-order valence-corrected chi connectivity index (χ0v) is 13.1. The van der Waals surface area contributed by atoms with Gasteiger partial charge in [-0.15, -0.1) is 10.2 Å². The summed E-state index contributed by atoms with van der Waals surface area (Å²) >= 11 is 0. The maximum atomic E-state index is 12.3. The number of nitrogens with one attached hydrogen (secondary N) is 2. The van der Waals surface area contributed by atoms with Crippen molar-refractivity contribution >= 4 is 6.03 Å². The highest BCUT2D eigenvalue weighted by atomic mass is 16.2. The van der Waals surface area contributed by atoms with E-state index in [4.69, 9.17) is 0 Å². The summed E-state index contributed by atoms with van der Waals surface area (Å²) < 4.78 is 1.80. The number of aryl methyl sites for hydroxylation is 2. The van der Waals surface area contributed by atoms with Crippen molar-refractivity contribution in [2.75, 3.05) is 7.05 Å². The zero-order chi connectivity index (χ0) is 15.7. The predicted octanol–water partition coefficient (Wildman–Crippen LogP) is 0.929. The van der Waals surface area contributed by atoms with Gasteiger partial charge in [0.25, 0.3) is 0 Å². The minimum Gasteiger partial charge on any atom is -0.328 e. The molecule has 8 nitrogen and oxygen atoms in total. The van der Waals surface area contributed by atoms with Gasteiger partial charge >= 0.3 is 6.03 Å². The Labute approximate surface area is 128 Å². The summed E-state index contributed by atoms with van der Waals surface area (Å²) in [6.07, 6.45) is 4.89. The monoisotopic (exact) mass is 303 g/mol. The molecule has 0 aliphatic heterocycles. The fraction of sp³-hybridized carbons (Fsp3) is 0.571. The second-order valence-electron chi connectivity index (χ2n) is 5.81. The largest absolute Gasteiger partial charge is 0.328 e. The average Bonchev–Trinajstić information content (AvgIpc) is 3.17. The van der Waals surface area contributed by atoms with E-state index in [1.54, 1.807) is 22.8 Å². The first-order valence-corrected chi connectivity index (χ1v) is 7.46. The first kappa shape index (κ1) is 14.6. The molecule has 0 unspecified atom stereocenters. The van der Waals surface area contributed by atoms with E-state index in [0.717, 1.165) is 30.8 Å². The van der Waals surface area contributed by atoms with Crippen LogP contribution in [0.5, 0.6) is 0 Å².